The van der Waals surface area contributed by atoms with Crippen LogP contribution in [-0.4, -0.2) is 47.7 Å². The van der Waals surface area contributed by atoms with Crippen molar-refractivity contribution in [3.8, 4) is 11.5 Å². The van der Waals surface area contributed by atoms with E-state index in [9.17, 15) is 14.7 Å². The van der Waals surface area contributed by atoms with E-state index in [0.29, 0.717) is 54.4 Å². The zero-order valence-electron chi connectivity index (χ0n) is 16.7. The van der Waals surface area contributed by atoms with Crippen LogP contribution in [0.15, 0.2) is 47.6 Å². The summed E-state index contributed by atoms with van der Waals surface area (Å²) >= 11 is 5.87. The van der Waals surface area contributed by atoms with Gasteiger partial charge in [0.1, 0.15) is 0 Å². The van der Waals surface area contributed by atoms with E-state index in [1.54, 1.807) is 41.3 Å². The van der Waals surface area contributed by atoms with Gasteiger partial charge in [-0.15, -0.1) is 0 Å². The van der Waals surface area contributed by atoms with Crippen molar-refractivity contribution in [3.63, 3.8) is 0 Å². The highest BCUT2D eigenvalue weighted by Crippen LogP contribution is 2.26. The summed E-state index contributed by atoms with van der Waals surface area (Å²) < 4.78 is 5.33. The highest BCUT2D eigenvalue weighted by molar-refractivity contribution is 6.30. The van der Waals surface area contributed by atoms with Gasteiger partial charge in [0.05, 0.1) is 12.8 Å². The number of carbonyl (C=O) groups is 2. The number of hydrazone groups is 1. The van der Waals surface area contributed by atoms with Gasteiger partial charge in [0, 0.05) is 29.6 Å². The molecule has 0 spiro atoms. The van der Waals surface area contributed by atoms with E-state index in [4.69, 9.17) is 16.3 Å². The summed E-state index contributed by atoms with van der Waals surface area (Å²) in [6.07, 6.45) is 2.65. The molecule has 2 aromatic rings. The fraction of sp³-hybridized carbons (Fsp3) is 0.318. The lowest BCUT2D eigenvalue weighted by Crippen LogP contribution is -2.42. The van der Waals surface area contributed by atoms with Crippen LogP contribution >= 0.6 is 11.6 Å². The molecule has 1 aliphatic rings. The number of aromatic hydroxyl groups is 1. The molecule has 7 nitrogen and oxygen atoms in total. The Morgan fingerprint density at radius 1 is 1.23 bits per heavy atom. The number of phenols is 1. The molecule has 0 atom stereocenters. The maximum Gasteiger partial charge on any atom is 0.253 e. The van der Waals surface area contributed by atoms with Crippen molar-refractivity contribution in [2.75, 3.05) is 19.7 Å². The van der Waals surface area contributed by atoms with Crippen molar-refractivity contribution >= 4 is 29.6 Å². The lowest BCUT2D eigenvalue weighted by Gasteiger charge is -2.31. The van der Waals surface area contributed by atoms with Crippen LogP contribution in [0.1, 0.15) is 35.7 Å². The van der Waals surface area contributed by atoms with E-state index in [1.807, 2.05) is 6.92 Å². The van der Waals surface area contributed by atoms with Gasteiger partial charge in [-0.1, -0.05) is 11.6 Å². The summed E-state index contributed by atoms with van der Waals surface area (Å²) in [4.78, 5) is 26.7. The molecule has 8 heteroatoms. The number of nitrogens with one attached hydrogen (secondary N) is 1. The Bertz CT molecular complexity index is 922. The molecule has 0 saturated carbocycles. The summed E-state index contributed by atoms with van der Waals surface area (Å²) in [5, 5.41) is 14.3. The number of nitrogens with zero attached hydrogens (tertiary/aromatic N) is 2. The van der Waals surface area contributed by atoms with Crippen LogP contribution in [0.2, 0.25) is 5.02 Å². The van der Waals surface area contributed by atoms with Crippen LogP contribution in [0.25, 0.3) is 0 Å². The topological polar surface area (TPSA) is 91.2 Å². The second-order valence-corrected chi connectivity index (χ2v) is 7.40. The van der Waals surface area contributed by atoms with E-state index < -0.39 is 0 Å². The number of benzene rings is 2. The molecule has 0 aromatic heterocycles. The lowest BCUT2D eigenvalue weighted by molar-refractivity contribution is -0.126. The van der Waals surface area contributed by atoms with Crippen LogP contribution in [-0.2, 0) is 4.79 Å². The number of amides is 2. The fourth-order valence-corrected chi connectivity index (χ4v) is 3.39. The van der Waals surface area contributed by atoms with Gasteiger partial charge >= 0.3 is 0 Å². The minimum Gasteiger partial charge on any atom is -0.504 e. The molecule has 158 valence electrons. The van der Waals surface area contributed by atoms with Crippen molar-refractivity contribution in [2.24, 2.45) is 11.0 Å². The maximum absolute atomic E-state index is 12.5. The van der Waals surface area contributed by atoms with Crippen molar-refractivity contribution in [3.05, 3.63) is 58.6 Å². The monoisotopic (exact) mass is 429 g/mol. The van der Waals surface area contributed by atoms with Crippen LogP contribution in [0, 0.1) is 5.92 Å². The van der Waals surface area contributed by atoms with E-state index in [0.717, 1.165) is 0 Å². The number of carbonyl (C=O) groups excluding carboxylic acids is 2. The molecule has 0 unspecified atom stereocenters. The number of rotatable bonds is 6. The van der Waals surface area contributed by atoms with E-state index in [2.05, 4.69) is 10.5 Å². The minimum atomic E-state index is -0.199. The summed E-state index contributed by atoms with van der Waals surface area (Å²) in [5.74, 6) is -0.00621. The Hall–Kier alpha value is -3.06. The summed E-state index contributed by atoms with van der Waals surface area (Å²) in [7, 11) is 0. The average molecular weight is 430 g/mol. The van der Waals surface area contributed by atoms with Crippen LogP contribution in [0.5, 0.6) is 11.5 Å². The number of piperidine rings is 1. The number of phenolic OH excluding ortho intramolecular Hbond substituents is 1. The molecule has 0 radical (unpaired) electrons. The van der Waals surface area contributed by atoms with Crippen LogP contribution in [0.3, 0.4) is 0 Å². The average Bonchev–Trinajstić information content (AvgIpc) is 2.76. The molecule has 2 N–H and O–H groups in total. The van der Waals surface area contributed by atoms with Crippen molar-refractivity contribution in [1.82, 2.24) is 10.3 Å². The third kappa shape index (κ3) is 5.51. The Labute approximate surface area is 180 Å². The Morgan fingerprint density at radius 2 is 1.93 bits per heavy atom. The van der Waals surface area contributed by atoms with Crippen LogP contribution in [0.4, 0.5) is 0 Å². The third-order valence-electron chi connectivity index (χ3n) is 4.92. The van der Waals surface area contributed by atoms with E-state index in [-0.39, 0.29) is 23.5 Å². The second kappa shape index (κ2) is 10.1. The molecular weight excluding hydrogens is 406 g/mol. The van der Waals surface area contributed by atoms with E-state index in [1.165, 1.54) is 12.3 Å². The fourth-order valence-electron chi connectivity index (χ4n) is 3.26. The zero-order valence-corrected chi connectivity index (χ0v) is 17.4. The van der Waals surface area contributed by atoms with Gasteiger partial charge in [-0.25, -0.2) is 5.43 Å². The van der Waals surface area contributed by atoms with Gasteiger partial charge in [-0.2, -0.15) is 5.10 Å². The number of likely N-dealkylation sites (tertiary alicyclic amines) is 1. The van der Waals surface area contributed by atoms with Gasteiger partial charge < -0.3 is 14.7 Å². The molecule has 0 aliphatic carbocycles. The molecule has 1 aliphatic heterocycles. The molecule has 30 heavy (non-hydrogen) atoms. The second-order valence-electron chi connectivity index (χ2n) is 6.97. The summed E-state index contributed by atoms with van der Waals surface area (Å²) in [6, 6.07) is 11.6. The first-order chi connectivity index (χ1) is 14.5. The number of hydrogen-bond acceptors (Lipinski definition) is 5. The van der Waals surface area contributed by atoms with Crippen molar-refractivity contribution in [1.29, 1.82) is 0 Å². The SMILES string of the molecule is CCOc1cc(/C=N\NC(=O)C2CCN(C(=O)c3ccc(Cl)cc3)CC2)ccc1O. The highest BCUT2D eigenvalue weighted by Gasteiger charge is 2.27. The predicted octanol–water partition coefficient (Wildman–Crippen LogP) is 3.45. The van der Waals surface area contributed by atoms with Gasteiger partial charge in [-0.05, 0) is 67.8 Å². The van der Waals surface area contributed by atoms with Gasteiger partial charge in [0.2, 0.25) is 5.91 Å². The molecule has 2 amide bonds. The van der Waals surface area contributed by atoms with Gasteiger partial charge in [0.15, 0.2) is 11.5 Å². The van der Waals surface area contributed by atoms with Gasteiger partial charge in [-0.3, -0.25) is 9.59 Å². The number of hydrogen-bond donors (Lipinski definition) is 2. The Morgan fingerprint density at radius 3 is 2.60 bits per heavy atom. The molecular formula is C22H24ClN3O4. The number of halogens is 1. The van der Waals surface area contributed by atoms with Crippen molar-refractivity contribution < 1.29 is 19.4 Å². The summed E-state index contributed by atoms with van der Waals surface area (Å²) in [5.41, 5.74) is 3.84. The Kier molecular flexibility index (Phi) is 7.30. The molecule has 1 heterocycles. The molecule has 1 saturated heterocycles. The van der Waals surface area contributed by atoms with Crippen molar-refractivity contribution in [2.45, 2.75) is 19.8 Å². The predicted molar refractivity (Wildman–Crippen MR) is 115 cm³/mol. The maximum atomic E-state index is 12.5. The molecule has 1 fully saturated rings. The highest BCUT2D eigenvalue weighted by atomic mass is 35.5. The summed E-state index contributed by atoms with van der Waals surface area (Å²) in [6.45, 7) is 3.29. The first-order valence-corrected chi connectivity index (χ1v) is 10.2. The molecule has 2 aromatic carbocycles. The standard InChI is InChI=1S/C22H24ClN3O4/c1-2-30-20-13-15(3-8-19(20)27)14-24-25-21(28)16-9-11-26(12-10-16)22(29)17-4-6-18(23)7-5-17/h3-8,13-14,16,27H,2,9-12H2,1H3,(H,25,28)/b24-14-. The van der Waals surface area contributed by atoms with Crippen LogP contribution < -0.4 is 10.2 Å². The van der Waals surface area contributed by atoms with Gasteiger partial charge in [0.25, 0.3) is 5.91 Å². The largest absolute Gasteiger partial charge is 0.504 e. The minimum absolute atomic E-state index is 0.0537. The smallest absolute Gasteiger partial charge is 0.253 e. The first-order valence-electron chi connectivity index (χ1n) is 9.81. The first kappa shape index (κ1) is 21.6. The molecule has 0 bridgehead atoms. The molecule has 3 rings (SSSR count). The number of ether oxygens (including phenoxy) is 1. The normalized spacial score (nSPS) is 14.7. The quantitative estimate of drug-likeness (QED) is 0.543. The third-order valence-corrected chi connectivity index (χ3v) is 5.17. The Balaban J connectivity index is 1.49. The lowest BCUT2D eigenvalue weighted by atomic mass is 9.95. The zero-order chi connectivity index (χ0) is 21.5. The van der Waals surface area contributed by atoms with E-state index >= 15 is 0 Å².